The number of anilines is 1. The van der Waals surface area contributed by atoms with Crippen LogP contribution in [-0.4, -0.2) is 23.9 Å². The molecule has 1 aliphatic rings. The molecule has 0 radical (unpaired) electrons. The molecule has 114 valence electrons. The summed E-state index contributed by atoms with van der Waals surface area (Å²) >= 11 is 6.06. The van der Waals surface area contributed by atoms with E-state index >= 15 is 0 Å². The van der Waals surface area contributed by atoms with Crippen LogP contribution in [0.2, 0.25) is 5.02 Å². The van der Waals surface area contributed by atoms with Gasteiger partial charge >= 0.3 is 0 Å². The summed E-state index contributed by atoms with van der Waals surface area (Å²) in [6.07, 6.45) is 0.454. The molecule has 1 aliphatic heterocycles. The summed E-state index contributed by atoms with van der Waals surface area (Å²) in [5, 5.41) is 2.87. The van der Waals surface area contributed by atoms with Gasteiger partial charge in [0.05, 0.1) is 10.7 Å². The van der Waals surface area contributed by atoms with Crippen molar-refractivity contribution in [1.82, 2.24) is 5.32 Å². The number of nitrogens with zero attached hydrogens (tertiary/aromatic N) is 1. The molecule has 0 saturated carbocycles. The number of hydrogen-bond donors (Lipinski definition) is 1. The molecular weight excluding hydrogens is 295 g/mol. The van der Waals surface area contributed by atoms with Crippen molar-refractivity contribution in [2.45, 2.75) is 39.3 Å². The molecule has 1 aromatic rings. The number of amides is 2. The van der Waals surface area contributed by atoms with Gasteiger partial charge in [-0.2, -0.15) is 0 Å². The number of hydrogen-bond acceptors (Lipinski definition) is 2. The third kappa shape index (κ3) is 2.88. The minimum atomic E-state index is -0.629. The average molecular weight is 313 g/mol. The third-order valence-electron chi connectivity index (χ3n) is 3.64. The minimum Gasteiger partial charge on any atom is -0.342 e. The van der Waals surface area contributed by atoms with E-state index in [4.69, 9.17) is 11.6 Å². The fourth-order valence-corrected chi connectivity index (χ4v) is 2.77. The van der Waals surface area contributed by atoms with Gasteiger partial charge in [-0.15, -0.1) is 0 Å². The zero-order valence-corrected chi connectivity index (χ0v) is 12.9. The molecule has 1 aromatic carbocycles. The van der Waals surface area contributed by atoms with Crippen LogP contribution in [0, 0.1) is 11.7 Å². The first-order valence-electron chi connectivity index (χ1n) is 6.95. The van der Waals surface area contributed by atoms with Gasteiger partial charge in [-0.25, -0.2) is 4.39 Å². The van der Waals surface area contributed by atoms with E-state index in [1.807, 2.05) is 20.8 Å². The monoisotopic (exact) mass is 312 g/mol. The molecule has 2 unspecified atom stereocenters. The zero-order valence-electron chi connectivity index (χ0n) is 12.2. The normalized spacial score (nSPS) is 22.7. The highest BCUT2D eigenvalue weighted by molar-refractivity contribution is 6.34. The second kappa shape index (κ2) is 6.02. The van der Waals surface area contributed by atoms with E-state index in [2.05, 4.69) is 5.32 Å². The van der Waals surface area contributed by atoms with Crippen molar-refractivity contribution < 1.29 is 14.0 Å². The van der Waals surface area contributed by atoms with Crippen LogP contribution in [0.4, 0.5) is 10.1 Å². The minimum absolute atomic E-state index is 0.0408. The fraction of sp³-hybridized carbons (Fsp3) is 0.467. The quantitative estimate of drug-likeness (QED) is 0.933. The van der Waals surface area contributed by atoms with Gasteiger partial charge in [0, 0.05) is 0 Å². The van der Waals surface area contributed by atoms with Gasteiger partial charge in [0.1, 0.15) is 17.9 Å². The Labute approximate surface area is 128 Å². The number of piperazine rings is 1. The lowest BCUT2D eigenvalue weighted by Gasteiger charge is -2.40. The Bertz CT molecular complexity index is 577. The SMILES string of the molecule is CCC1C(=O)NC(C(C)C)C(=O)N1c1ccc(F)cc1Cl. The van der Waals surface area contributed by atoms with Crippen LogP contribution in [0.3, 0.4) is 0 Å². The van der Waals surface area contributed by atoms with Gasteiger partial charge in [0.25, 0.3) is 5.91 Å². The lowest BCUT2D eigenvalue weighted by atomic mass is 9.96. The molecule has 2 atom stereocenters. The Morgan fingerprint density at radius 2 is 2.05 bits per heavy atom. The Morgan fingerprint density at radius 3 is 2.57 bits per heavy atom. The van der Waals surface area contributed by atoms with E-state index in [-0.39, 0.29) is 22.8 Å². The maximum Gasteiger partial charge on any atom is 0.250 e. The molecule has 1 heterocycles. The van der Waals surface area contributed by atoms with Crippen molar-refractivity contribution in [2.24, 2.45) is 5.92 Å². The number of carbonyl (C=O) groups excluding carboxylic acids is 2. The fourth-order valence-electron chi connectivity index (χ4n) is 2.51. The largest absolute Gasteiger partial charge is 0.342 e. The van der Waals surface area contributed by atoms with Crippen LogP contribution < -0.4 is 10.2 Å². The maximum absolute atomic E-state index is 13.2. The number of benzene rings is 1. The Morgan fingerprint density at radius 1 is 1.38 bits per heavy atom. The van der Waals surface area contributed by atoms with Gasteiger partial charge in [0.2, 0.25) is 5.91 Å². The number of halogens is 2. The molecule has 0 spiro atoms. The van der Waals surface area contributed by atoms with Gasteiger partial charge in [-0.3, -0.25) is 14.5 Å². The van der Waals surface area contributed by atoms with Crippen LogP contribution >= 0.6 is 11.6 Å². The van der Waals surface area contributed by atoms with Gasteiger partial charge in [0.15, 0.2) is 0 Å². The first-order chi connectivity index (χ1) is 9.86. The third-order valence-corrected chi connectivity index (χ3v) is 3.94. The number of nitrogens with one attached hydrogen (secondary N) is 1. The summed E-state index contributed by atoms with van der Waals surface area (Å²) in [6, 6.07) is 2.59. The molecule has 2 rings (SSSR count). The summed E-state index contributed by atoms with van der Waals surface area (Å²) in [6.45, 7) is 5.54. The first-order valence-corrected chi connectivity index (χ1v) is 7.33. The highest BCUT2D eigenvalue weighted by Crippen LogP contribution is 2.31. The lowest BCUT2D eigenvalue weighted by molar-refractivity contribution is -0.134. The molecule has 1 N–H and O–H groups in total. The smallest absolute Gasteiger partial charge is 0.250 e. The van der Waals surface area contributed by atoms with Gasteiger partial charge < -0.3 is 5.32 Å². The van der Waals surface area contributed by atoms with Crippen LogP contribution in [0.5, 0.6) is 0 Å². The van der Waals surface area contributed by atoms with Crippen LogP contribution in [0.1, 0.15) is 27.2 Å². The predicted octanol–water partition coefficient (Wildman–Crippen LogP) is 2.75. The summed E-state index contributed by atoms with van der Waals surface area (Å²) in [4.78, 5) is 26.3. The topological polar surface area (TPSA) is 49.4 Å². The molecular formula is C15H18ClFN2O2. The number of carbonyl (C=O) groups is 2. The van der Waals surface area contributed by atoms with Crippen molar-refractivity contribution in [2.75, 3.05) is 4.90 Å². The standard InChI is InChI=1S/C15H18ClFN2O2/c1-4-11-14(20)18-13(8(2)3)15(21)19(11)12-6-5-9(17)7-10(12)16/h5-8,11,13H,4H2,1-3H3,(H,18,20). The van der Waals surface area contributed by atoms with E-state index in [0.717, 1.165) is 6.07 Å². The summed E-state index contributed by atoms with van der Waals surface area (Å²) < 4.78 is 13.2. The summed E-state index contributed by atoms with van der Waals surface area (Å²) in [5.74, 6) is -0.951. The van der Waals surface area contributed by atoms with E-state index < -0.39 is 17.9 Å². The summed E-state index contributed by atoms with van der Waals surface area (Å²) in [5.41, 5.74) is 0.371. The molecule has 0 aromatic heterocycles. The molecule has 0 bridgehead atoms. The van der Waals surface area contributed by atoms with Crippen molar-refractivity contribution >= 4 is 29.1 Å². The second-order valence-electron chi connectivity index (χ2n) is 5.46. The van der Waals surface area contributed by atoms with Crippen molar-refractivity contribution in [3.8, 4) is 0 Å². The number of rotatable bonds is 3. The van der Waals surface area contributed by atoms with Gasteiger partial charge in [-0.05, 0) is 30.5 Å². The summed E-state index contributed by atoms with van der Waals surface area (Å²) in [7, 11) is 0. The van der Waals surface area contributed by atoms with Crippen LogP contribution in [0.15, 0.2) is 18.2 Å². The van der Waals surface area contributed by atoms with Crippen molar-refractivity contribution in [3.63, 3.8) is 0 Å². The lowest BCUT2D eigenvalue weighted by Crippen LogP contribution is -2.65. The van der Waals surface area contributed by atoms with Gasteiger partial charge in [-0.1, -0.05) is 32.4 Å². The van der Waals surface area contributed by atoms with Crippen LogP contribution in [-0.2, 0) is 9.59 Å². The van der Waals surface area contributed by atoms with E-state index in [0.29, 0.717) is 12.1 Å². The molecule has 1 saturated heterocycles. The molecule has 0 aliphatic carbocycles. The van der Waals surface area contributed by atoms with E-state index in [1.54, 1.807) is 0 Å². The van der Waals surface area contributed by atoms with E-state index in [9.17, 15) is 14.0 Å². The maximum atomic E-state index is 13.2. The Hall–Kier alpha value is -1.62. The Balaban J connectivity index is 2.49. The predicted molar refractivity (Wildman–Crippen MR) is 79.7 cm³/mol. The molecule has 4 nitrogen and oxygen atoms in total. The average Bonchev–Trinajstić information content (AvgIpc) is 2.41. The first kappa shape index (κ1) is 15.8. The molecule has 2 amide bonds. The molecule has 6 heteroatoms. The molecule has 1 fully saturated rings. The Kier molecular flexibility index (Phi) is 4.52. The molecule has 21 heavy (non-hydrogen) atoms. The highest BCUT2D eigenvalue weighted by Gasteiger charge is 2.42. The highest BCUT2D eigenvalue weighted by atomic mass is 35.5. The zero-order chi connectivity index (χ0) is 15.7. The van der Waals surface area contributed by atoms with Crippen LogP contribution in [0.25, 0.3) is 0 Å². The van der Waals surface area contributed by atoms with E-state index in [1.165, 1.54) is 17.0 Å². The van der Waals surface area contributed by atoms with Crippen molar-refractivity contribution in [1.29, 1.82) is 0 Å². The second-order valence-corrected chi connectivity index (χ2v) is 5.87. The van der Waals surface area contributed by atoms with Crippen molar-refractivity contribution in [3.05, 3.63) is 29.0 Å².